The predicted octanol–water partition coefficient (Wildman–Crippen LogP) is 5.85. The summed E-state index contributed by atoms with van der Waals surface area (Å²) < 4.78 is 29.5. The summed E-state index contributed by atoms with van der Waals surface area (Å²) in [6.07, 6.45) is 0.209. The monoisotopic (exact) mass is 662 g/mol. The number of amidine groups is 1. The average Bonchev–Trinajstić information content (AvgIpc) is 3.09. The first-order valence-corrected chi connectivity index (χ1v) is 16.5. The minimum absolute atomic E-state index is 0.0137. The van der Waals surface area contributed by atoms with E-state index in [2.05, 4.69) is 15.6 Å². The third kappa shape index (κ3) is 8.90. The largest absolute Gasteiger partial charge is 0.440 e. The van der Waals surface area contributed by atoms with Crippen molar-refractivity contribution in [3.8, 4) is 11.1 Å². The van der Waals surface area contributed by atoms with E-state index in [1.54, 1.807) is 92.0 Å². The molecule has 5 aromatic rings. The lowest BCUT2D eigenvalue weighted by Gasteiger charge is -2.25. The maximum absolute atomic E-state index is 13.3. The number of nitrogens with one attached hydrogen (secondary N) is 3. The Labute approximate surface area is 279 Å². The number of nitrogens with two attached hydrogens (primary N) is 1. The quantitative estimate of drug-likeness (QED) is 0.102. The van der Waals surface area contributed by atoms with Crippen molar-refractivity contribution in [3.63, 3.8) is 0 Å². The molecule has 2 amide bonds. The number of carbonyl (C=O) groups excluding carboxylic acids is 2. The van der Waals surface area contributed by atoms with Gasteiger partial charge in [0.15, 0.2) is 0 Å². The predicted molar refractivity (Wildman–Crippen MR) is 185 cm³/mol. The van der Waals surface area contributed by atoms with Crippen molar-refractivity contribution in [1.82, 2.24) is 10.3 Å². The van der Waals surface area contributed by atoms with Gasteiger partial charge < -0.3 is 15.0 Å². The maximum Gasteiger partial charge on any atom is 0.413 e. The summed E-state index contributed by atoms with van der Waals surface area (Å²) in [7, 11) is -3.92. The third-order valence-electron chi connectivity index (χ3n) is 7.34. The van der Waals surface area contributed by atoms with Crippen molar-refractivity contribution in [2.45, 2.75) is 24.5 Å². The summed E-state index contributed by atoms with van der Waals surface area (Å²) in [5.41, 5.74) is 4.24. The molecule has 5 rings (SSSR count). The molecule has 1 atom stereocenters. The van der Waals surface area contributed by atoms with Crippen LogP contribution in [0.3, 0.4) is 0 Å². The van der Waals surface area contributed by atoms with E-state index in [4.69, 9.17) is 15.3 Å². The number of nitrogens with zero attached hydrogens (tertiary/aromatic N) is 2. The number of hydrogen-bond donors (Lipinski definition) is 4. The van der Waals surface area contributed by atoms with E-state index in [1.807, 2.05) is 41.3 Å². The topological polar surface area (TPSA) is 168 Å². The van der Waals surface area contributed by atoms with Gasteiger partial charge in [0.2, 0.25) is 15.9 Å². The van der Waals surface area contributed by atoms with E-state index < -0.39 is 22.2 Å². The van der Waals surface area contributed by atoms with Crippen molar-refractivity contribution in [2.24, 2.45) is 5.14 Å². The van der Waals surface area contributed by atoms with E-state index in [-0.39, 0.29) is 23.2 Å². The summed E-state index contributed by atoms with van der Waals surface area (Å²) in [6, 6.07) is 35.2. The fourth-order valence-electron chi connectivity index (χ4n) is 5.00. The second-order valence-electron chi connectivity index (χ2n) is 10.9. The summed E-state index contributed by atoms with van der Waals surface area (Å²) >= 11 is 0. The summed E-state index contributed by atoms with van der Waals surface area (Å²) in [5.74, 6) is -0.461. The molecule has 0 bridgehead atoms. The van der Waals surface area contributed by atoms with Crippen LogP contribution in [0.1, 0.15) is 29.8 Å². The zero-order chi connectivity index (χ0) is 34.1. The van der Waals surface area contributed by atoms with E-state index in [0.29, 0.717) is 40.3 Å². The van der Waals surface area contributed by atoms with E-state index in [9.17, 15) is 18.0 Å². The number of primary sulfonamides is 1. The van der Waals surface area contributed by atoms with Crippen molar-refractivity contribution in [3.05, 3.63) is 144 Å². The molecule has 1 heterocycles. The molecule has 0 fully saturated rings. The van der Waals surface area contributed by atoms with Crippen molar-refractivity contribution in [2.75, 3.05) is 16.8 Å². The Morgan fingerprint density at radius 3 is 2.31 bits per heavy atom. The van der Waals surface area contributed by atoms with E-state index >= 15 is 0 Å². The van der Waals surface area contributed by atoms with Crippen LogP contribution in [0, 0.1) is 5.41 Å². The highest BCUT2D eigenvalue weighted by Crippen LogP contribution is 2.28. The van der Waals surface area contributed by atoms with Gasteiger partial charge in [-0.25, -0.2) is 18.4 Å². The number of sulfonamides is 1. The van der Waals surface area contributed by atoms with Gasteiger partial charge in [0, 0.05) is 35.2 Å². The molecule has 1 aromatic heterocycles. The molecule has 0 radical (unpaired) electrons. The van der Waals surface area contributed by atoms with Gasteiger partial charge in [0.05, 0.1) is 17.1 Å². The van der Waals surface area contributed by atoms with Crippen LogP contribution >= 0.6 is 0 Å². The normalized spacial score (nSPS) is 11.6. The van der Waals surface area contributed by atoms with Crippen LogP contribution in [0.15, 0.2) is 132 Å². The molecule has 4 aromatic carbocycles. The molecule has 12 heteroatoms. The van der Waals surface area contributed by atoms with Crippen LogP contribution in [-0.2, 0) is 26.1 Å². The standard InChI is InChI=1S/C36H34N6O5S/c1-25(32-15-7-8-21-39-32)47-36(44)41-35(37)28-12-9-13-30(22-28)42(23-26-10-3-2-4-11-26)24-34(43)40-29-19-17-27(18-20-29)31-14-5-6-16-33(31)48(38,45)46/h2-22,25H,23-24H2,1H3,(H,40,43)(H2,37,41,44)(H2,38,45,46). The molecule has 244 valence electrons. The van der Waals surface area contributed by atoms with Crippen molar-refractivity contribution < 1.29 is 22.7 Å². The van der Waals surface area contributed by atoms with Gasteiger partial charge >= 0.3 is 6.09 Å². The molecule has 0 spiro atoms. The van der Waals surface area contributed by atoms with Gasteiger partial charge in [0.25, 0.3) is 0 Å². The Balaban J connectivity index is 1.29. The number of amides is 2. The minimum Gasteiger partial charge on any atom is -0.440 e. The molecule has 0 saturated heterocycles. The fraction of sp³-hybridized carbons (Fsp3) is 0.111. The van der Waals surface area contributed by atoms with Gasteiger partial charge in [-0.1, -0.05) is 78.9 Å². The molecule has 0 aliphatic carbocycles. The van der Waals surface area contributed by atoms with E-state index in [1.165, 1.54) is 6.07 Å². The van der Waals surface area contributed by atoms with Crippen LogP contribution in [0.25, 0.3) is 11.1 Å². The summed E-state index contributed by atoms with van der Waals surface area (Å²) in [6.45, 7) is 2.06. The number of pyridine rings is 1. The average molecular weight is 663 g/mol. The van der Waals surface area contributed by atoms with Crippen LogP contribution in [0.5, 0.6) is 0 Å². The maximum atomic E-state index is 13.3. The van der Waals surface area contributed by atoms with E-state index in [0.717, 1.165) is 5.56 Å². The number of carbonyl (C=O) groups is 2. The Hall–Kier alpha value is -5.85. The van der Waals surface area contributed by atoms with Crippen LogP contribution in [0.4, 0.5) is 16.2 Å². The number of alkyl carbamates (subject to hydrolysis) is 1. The molecule has 1 unspecified atom stereocenters. The number of hydrogen-bond acceptors (Lipinski definition) is 8. The minimum atomic E-state index is -3.92. The first-order valence-electron chi connectivity index (χ1n) is 15.0. The SMILES string of the molecule is CC(OC(=O)NC(=N)c1cccc(N(CC(=O)Nc2ccc(-c3ccccc3S(N)(=O)=O)cc2)Cc2ccccc2)c1)c1ccccn1. The van der Waals surface area contributed by atoms with Gasteiger partial charge in [-0.2, -0.15) is 0 Å². The smallest absolute Gasteiger partial charge is 0.413 e. The Bertz CT molecular complexity index is 2010. The summed E-state index contributed by atoms with van der Waals surface area (Å²) in [4.78, 5) is 32.0. The Morgan fingerprint density at radius 2 is 1.60 bits per heavy atom. The molecule has 5 N–H and O–H groups in total. The van der Waals surface area contributed by atoms with Gasteiger partial charge in [-0.05, 0) is 60.5 Å². The van der Waals surface area contributed by atoms with Crippen LogP contribution in [0.2, 0.25) is 0 Å². The lowest BCUT2D eigenvalue weighted by molar-refractivity contribution is -0.115. The highest BCUT2D eigenvalue weighted by atomic mass is 32.2. The number of ether oxygens (including phenoxy) is 1. The Kier molecular flexibility index (Phi) is 10.6. The Morgan fingerprint density at radius 1 is 0.896 bits per heavy atom. The molecule has 48 heavy (non-hydrogen) atoms. The zero-order valence-electron chi connectivity index (χ0n) is 26.0. The second-order valence-corrected chi connectivity index (χ2v) is 12.4. The molecule has 11 nitrogen and oxygen atoms in total. The molecule has 0 saturated carbocycles. The van der Waals surface area contributed by atoms with Gasteiger partial charge in [-0.3, -0.25) is 20.5 Å². The van der Waals surface area contributed by atoms with Gasteiger partial charge in [0.1, 0.15) is 11.9 Å². The van der Waals surface area contributed by atoms with Crippen LogP contribution in [-0.4, -0.2) is 37.8 Å². The number of benzene rings is 4. The lowest BCUT2D eigenvalue weighted by atomic mass is 10.1. The van der Waals surface area contributed by atoms with Gasteiger partial charge in [-0.15, -0.1) is 0 Å². The van der Waals surface area contributed by atoms with Crippen molar-refractivity contribution >= 4 is 39.2 Å². The second kappa shape index (κ2) is 15.2. The number of rotatable bonds is 11. The number of anilines is 2. The third-order valence-corrected chi connectivity index (χ3v) is 8.31. The molecule has 0 aliphatic heterocycles. The molecular formula is C36H34N6O5S. The zero-order valence-corrected chi connectivity index (χ0v) is 26.9. The molecular weight excluding hydrogens is 629 g/mol. The summed E-state index contributed by atoms with van der Waals surface area (Å²) in [5, 5.41) is 19.3. The van der Waals surface area contributed by atoms with Crippen molar-refractivity contribution in [1.29, 1.82) is 5.41 Å². The first kappa shape index (κ1) is 33.5. The van der Waals surface area contributed by atoms with Crippen LogP contribution < -0.4 is 20.7 Å². The fourth-order valence-corrected chi connectivity index (χ4v) is 5.76. The lowest BCUT2D eigenvalue weighted by Crippen LogP contribution is -2.34. The molecule has 0 aliphatic rings. The highest BCUT2D eigenvalue weighted by Gasteiger charge is 2.18. The number of aromatic nitrogens is 1. The highest BCUT2D eigenvalue weighted by molar-refractivity contribution is 7.89. The first-order chi connectivity index (χ1) is 23.1.